The van der Waals surface area contributed by atoms with Crippen molar-refractivity contribution in [2.45, 2.75) is 43.8 Å². The molecule has 13 heavy (non-hydrogen) atoms. The third-order valence-corrected chi connectivity index (χ3v) is 5.55. The van der Waals surface area contributed by atoms with E-state index in [0.717, 1.165) is 51.6 Å². The summed E-state index contributed by atoms with van der Waals surface area (Å²) >= 11 is 0. The van der Waals surface area contributed by atoms with Crippen molar-refractivity contribution in [3.05, 3.63) is 0 Å². The van der Waals surface area contributed by atoms with E-state index in [2.05, 4.69) is 0 Å². The molecule has 1 heterocycles. The zero-order chi connectivity index (χ0) is 9.31. The lowest BCUT2D eigenvalue weighted by atomic mass is 10.4. The zero-order valence-corrected chi connectivity index (χ0v) is 8.72. The van der Waals surface area contributed by atoms with Gasteiger partial charge >= 0.3 is 0 Å². The summed E-state index contributed by atoms with van der Waals surface area (Å²) in [6.07, 6.45) is 6.06. The minimum Gasteiger partial charge on any atom is -0.212 e. The summed E-state index contributed by atoms with van der Waals surface area (Å²) in [5, 5.41) is -0.0504. The van der Waals surface area contributed by atoms with Crippen LogP contribution in [0, 0.1) is 0 Å². The number of hydrogen-bond acceptors (Lipinski definition) is 2. The molecule has 0 aromatic rings. The summed E-state index contributed by atoms with van der Waals surface area (Å²) < 4.78 is 25.6. The van der Waals surface area contributed by atoms with Crippen LogP contribution >= 0.6 is 0 Å². The molecule has 2 rings (SSSR count). The fourth-order valence-corrected chi connectivity index (χ4v) is 4.46. The lowest BCUT2D eigenvalue weighted by Gasteiger charge is -2.19. The van der Waals surface area contributed by atoms with Crippen LogP contribution in [0.1, 0.15) is 38.5 Å². The molecule has 0 N–H and O–H groups in total. The number of rotatable bonds is 2. The highest BCUT2D eigenvalue weighted by molar-refractivity contribution is 7.89. The van der Waals surface area contributed by atoms with Gasteiger partial charge in [-0.05, 0) is 25.7 Å². The average molecular weight is 203 g/mol. The van der Waals surface area contributed by atoms with Gasteiger partial charge in [0.25, 0.3) is 0 Å². The fourth-order valence-electron chi connectivity index (χ4n) is 2.34. The molecule has 0 radical (unpaired) electrons. The van der Waals surface area contributed by atoms with Gasteiger partial charge in [-0.3, -0.25) is 0 Å². The van der Waals surface area contributed by atoms with Gasteiger partial charge in [0.2, 0.25) is 10.0 Å². The van der Waals surface area contributed by atoms with Crippen molar-refractivity contribution in [3.63, 3.8) is 0 Å². The molecular weight excluding hydrogens is 186 g/mol. The Hall–Kier alpha value is -0.0900. The van der Waals surface area contributed by atoms with E-state index in [1.54, 1.807) is 4.31 Å². The first-order valence-corrected chi connectivity index (χ1v) is 6.70. The molecule has 0 amide bonds. The van der Waals surface area contributed by atoms with E-state index in [0.29, 0.717) is 0 Å². The van der Waals surface area contributed by atoms with Gasteiger partial charge < -0.3 is 0 Å². The number of sulfonamides is 1. The van der Waals surface area contributed by atoms with Gasteiger partial charge in [-0.15, -0.1) is 0 Å². The van der Waals surface area contributed by atoms with E-state index in [1.807, 2.05) is 0 Å². The first kappa shape index (κ1) is 9.46. The Morgan fingerprint density at radius 2 is 1.46 bits per heavy atom. The van der Waals surface area contributed by atoms with Crippen LogP contribution in [-0.2, 0) is 10.0 Å². The normalized spacial score (nSPS) is 27.1. The van der Waals surface area contributed by atoms with Crippen molar-refractivity contribution in [2.24, 2.45) is 0 Å². The molecule has 3 nitrogen and oxygen atoms in total. The Bertz CT molecular complexity index is 239. The number of nitrogens with zero attached hydrogens (tertiary/aromatic N) is 1. The van der Waals surface area contributed by atoms with Crippen LogP contribution < -0.4 is 0 Å². The molecule has 0 unspecified atom stereocenters. The van der Waals surface area contributed by atoms with E-state index in [9.17, 15) is 8.42 Å². The second-order valence-electron chi connectivity index (χ2n) is 4.06. The van der Waals surface area contributed by atoms with Gasteiger partial charge in [0.1, 0.15) is 0 Å². The Morgan fingerprint density at radius 3 is 2.00 bits per heavy atom. The Morgan fingerprint density at radius 1 is 0.923 bits per heavy atom. The maximum Gasteiger partial charge on any atom is 0.216 e. The van der Waals surface area contributed by atoms with E-state index < -0.39 is 10.0 Å². The molecule has 0 atom stereocenters. The molecule has 76 valence electrons. The topological polar surface area (TPSA) is 37.4 Å². The van der Waals surface area contributed by atoms with E-state index in [-0.39, 0.29) is 5.25 Å². The second kappa shape index (κ2) is 3.58. The van der Waals surface area contributed by atoms with Gasteiger partial charge in [0.05, 0.1) is 5.25 Å². The molecule has 0 aromatic carbocycles. The molecule has 0 aromatic heterocycles. The maximum atomic E-state index is 12.0. The van der Waals surface area contributed by atoms with Gasteiger partial charge in [-0.1, -0.05) is 12.8 Å². The molecule has 1 saturated heterocycles. The van der Waals surface area contributed by atoms with Gasteiger partial charge in [-0.25, -0.2) is 12.7 Å². The van der Waals surface area contributed by atoms with Crippen LogP contribution in [0.15, 0.2) is 0 Å². The first-order valence-electron chi connectivity index (χ1n) is 5.20. The number of hydrogen-bond donors (Lipinski definition) is 0. The van der Waals surface area contributed by atoms with E-state index >= 15 is 0 Å². The summed E-state index contributed by atoms with van der Waals surface area (Å²) in [5.74, 6) is 0. The zero-order valence-electron chi connectivity index (χ0n) is 7.91. The Kier molecular flexibility index (Phi) is 2.60. The van der Waals surface area contributed by atoms with Crippen LogP contribution in [0.25, 0.3) is 0 Å². The summed E-state index contributed by atoms with van der Waals surface area (Å²) in [6.45, 7) is 1.53. The summed E-state index contributed by atoms with van der Waals surface area (Å²) in [4.78, 5) is 0. The lowest BCUT2D eigenvalue weighted by molar-refractivity contribution is 0.464. The highest BCUT2D eigenvalue weighted by atomic mass is 32.2. The smallest absolute Gasteiger partial charge is 0.212 e. The third kappa shape index (κ3) is 1.74. The van der Waals surface area contributed by atoms with Crippen molar-refractivity contribution in [2.75, 3.05) is 13.1 Å². The Labute approximate surface area is 80.2 Å². The van der Waals surface area contributed by atoms with Crippen molar-refractivity contribution in [3.8, 4) is 0 Å². The molecule has 1 aliphatic carbocycles. The predicted octanol–water partition coefficient (Wildman–Crippen LogP) is 1.35. The quantitative estimate of drug-likeness (QED) is 0.679. The van der Waals surface area contributed by atoms with Crippen molar-refractivity contribution in [1.29, 1.82) is 0 Å². The van der Waals surface area contributed by atoms with Crippen LogP contribution in [0.3, 0.4) is 0 Å². The molecule has 2 fully saturated rings. The summed E-state index contributed by atoms with van der Waals surface area (Å²) in [6, 6.07) is 0. The summed E-state index contributed by atoms with van der Waals surface area (Å²) in [7, 11) is -2.91. The molecule has 1 aliphatic heterocycles. The molecule has 0 spiro atoms. The third-order valence-electron chi connectivity index (χ3n) is 3.15. The van der Waals surface area contributed by atoms with E-state index in [1.165, 1.54) is 0 Å². The molecule has 4 heteroatoms. The van der Waals surface area contributed by atoms with Crippen molar-refractivity contribution < 1.29 is 8.42 Å². The van der Waals surface area contributed by atoms with Crippen LogP contribution in [0.5, 0.6) is 0 Å². The molecular formula is C9H17NO2S. The van der Waals surface area contributed by atoms with Gasteiger partial charge in [0.15, 0.2) is 0 Å². The summed E-state index contributed by atoms with van der Waals surface area (Å²) in [5.41, 5.74) is 0. The SMILES string of the molecule is O=S(=O)(C1CCCC1)N1CCCC1. The minimum absolute atomic E-state index is 0.0504. The van der Waals surface area contributed by atoms with Crippen molar-refractivity contribution in [1.82, 2.24) is 4.31 Å². The molecule has 0 bridgehead atoms. The monoisotopic (exact) mass is 203 g/mol. The van der Waals surface area contributed by atoms with Crippen LogP contribution in [-0.4, -0.2) is 31.1 Å². The van der Waals surface area contributed by atoms with Gasteiger partial charge in [-0.2, -0.15) is 0 Å². The maximum absolute atomic E-state index is 12.0. The lowest BCUT2D eigenvalue weighted by Crippen LogP contribution is -2.35. The van der Waals surface area contributed by atoms with E-state index in [4.69, 9.17) is 0 Å². The molecule has 2 aliphatic rings. The largest absolute Gasteiger partial charge is 0.216 e. The van der Waals surface area contributed by atoms with Crippen molar-refractivity contribution >= 4 is 10.0 Å². The highest BCUT2D eigenvalue weighted by Gasteiger charge is 2.34. The Balaban J connectivity index is 2.09. The van der Waals surface area contributed by atoms with Gasteiger partial charge in [0, 0.05) is 13.1 Å². The highest BCUT2D eigenvalue weighted by Crippen LogP contribution is 2.28. The average Bonchev–Trinajstić information content (AvgIpc) is 2.78. The second-order valence-corrected chi connectivity index (χ2v) is 6.27. The standard InChI is InChI=1S/C9H17NO2S/c11-13(12,9-5-1-2-6-9)10-7-3-4-8-10/h9H,1-8H2. The fraction of sp³-hybridized carbons (Fsp3) is 1.00. The predicted molar refractivity (Wildman–Crippen MR) is 52.0 cm³/mol. The first-order chi connectivity index (χ1) is 6.21. The van der Waals surface area contributed by atoms with Crippen LogP contribution in [0.2, 0.25) is 0 Å². The van der Waals surface area contributed by atoms with Crippen LogP contribution in [0.4, 0.5) is 0 Å². The minimum atomic E-state index is -2.91. The molecule has 1 saturated carbocycles.